The highest BCUT2D eigenvalue weighted by molar-refractivity contribution is 6.42. The zero-order valence-electron chi connectivity index (χ0n) is 8.33. The third-order valence-corrected chi connectivity index (χ3v) is 2.87. The summed E-state index contributed by atoms with van der Waals surface area (Å²) < 4.78 is 0. The van der Waals surface area contributed by atoms with Gasteiger partial charge in [-0.2, -0.15) is 0 Å². The van der Waals surface area contributed by atoms with Crippen molar-refractivity contribution in [3.8, 4) is 0 Å². The standard InChI is InChI=1S/C12H8N2O2/c15-11-7-3-1-5-13-9(7)10-8(12(11)16)4-2-6-14-10/h1-8H. The van der Waals surface area contributed by atoms with Crippen LogP contribution in [-0.4, -0.2) is 24.0 Å². The van der Waals surface area contributed by atoms with Crippen LogP contribution in [0.3, 0.4) is 0 Å². The Bertz CT molecular complexity index is 487. The van der Waals surface area contributed by atoms with E-state index in [0.717, 1.165) is 0 Å². The Hall–Kier alpha value is -2.10. The molecule has 2 atom stereocenters. The molecule has 0 spiro atoms. The van der Waals surface area contributed by atoms with E-state index in [0.29, 0.717) is 11.4 Å². The van der Waals surface area contributed by atoms with Crippen LogP contribution < -0.4 is 0 Å². The normalized spacial score (nSPS) is 30.8. The van der Waals surface area contributed by atoms with E-state index in [2.05, 4.69) is 9.98 Å². The van der Waals surface area contributed by atoms with Crippen LogP contribution in [-0.2, 0) is 9.59 Å². The van der Waals surface area contributed by atoms with Crippen LogP contribution in [0.4, 0.5) is 0 Å². The largest absolute Gasteiger partial charge is 0.290 e. The molecule has 0 aromatic rings. The van der Waals surface area contributed by atoms with Gasteiger partial charge in [0.25, 0.3) is 0 Å². The van der Waals surface area contributed by atoms with Crippen LogP contribution in [0.25, 0.3) is 0 Å². The minimum absolute atomic E-state index is 0.390. The summed E-state index contributed by atoms with van der Waals surface area (Å²) in [5.41, 5.74) is 1.22. The average Bonchev–Trinajstić information content (AvgIpc) is 2.36. The van der Waals surface area contributed by atoms with Crippen molar-refractivity contribution in [2.45, 2.75) is 0 Å². The molecule has 78 valence electrons. The van der Waals surface area contributed by atoms with E-state index in [1.165, 1.54) is 0 Å². The molecule has 4 nitrogen and oxygen atoms in total. The van der Waals surface area contributed by atoms with Gasteiger partial charge < -0.3 is 0 Å². The molecule has 0 bridgehead atoms. The fraction of sp³-hybridized carbons (Fsp3) is 0.167. The lowest BCUT2D eigenvalue weighted by atomic mass is 9.79. The van der Waals surface area contributed by atoms with Gasteiger partial charge in [0.05, 0.1) is 23.2 Å². The Morgan fingerprint density at radius 2 is 1.25 bits per heavy atom. The summed E-state index contributed by atoms with van der Waals surface area (Å²) in [5.74, 6) is -1.85. The third kappa shape index (κ3) is 1.10. The number of allylic oxidation sites excluding steroid dienone is 4. The molecule has 0 radical (unpaired) electrons. The van der Waals surface area contributed by atoms with Crippen molar-refractivity contribution in [2.24, 2.45) is 21.8 Å². The molecular formula is C12H8N2O2. The van der Waals surface area contributed by atoms with Crippen LogP contribution in [0, 0.1) is 11.8 Å². The predicted octanol–water partition coefficient (Wildman–Crippen LogP) is 0.863. The Morgan fingerprint density at radius 3 is 1.69 bits per heavy atom. The molecule has 0 N–H and O–H groups in total. The predicted molar refractivity (Wildman–Crippen MR) is 59.3 cm³/mol. The lowest BCUT2D eigenvalue weighted by Gasteiger charge is -2.27. The molecule has 0 saturated carbocycles. The topological polar surface area (TPSA) is 58.9 Å². The summed E-state index contributed by atoms with van der Waals surface area (Å²) in [6.07, 6.45) is 9.99. The molecule has 3 rings (SSSR count). The van der Waals surface area contributed by atoms with Crippen molar-refractivity contribution in [1.29, 1.82) is 0 Å². The van der Waals surface area contributed by atoms with Crippen molar-refractivity contribution in [2.75, 3.05) is 0 Å². The smallest absolute Gasteiger partial charge is 0.212 e. The van der Waals surface area contributed by atoms with Crippen LogP contribution in [0.1, 0.15) is 0 Å². The van der Waals surface area contributed by atoms with E-state index < -0.39 is 23.4 Å². The summed E-state index contributed by atoms with van der Waals surface area (Å²) in [7, 11) is 0. The molecule has 2 unspecified atom stereocenters. The van der Waals surface area contributed by atoms with E-state index >= 15 is 0 Å². The van der Waals surface area contributed by atoms with Crippen molar-refractivity contribution in [1.82, 2.24) is 0 Å². The summed E-state index contributed by atoms with van der Waals surface area (Å²) in [6, 6.07) is 0. The summed E-state index contributed by atoms with van der Waals surface area (Å²) in [4.78, 5) is 32.0. The molecule has 16 heavy (non-hydrogen) atoms. The highest BCUT2D eigenvalue weighted by atomic mass is 16.2. The fourth-order valence-corrected chi connectivity index (χ4v) is 2.09. The number of aliphatic imine (C=N–C) groups is 2. The molecule has 0 aromatic carbocycles. The molecule has 0 fully saturated rings. The SMILES string of the molecule is O=C1C(=O)C2C=CC=NC2=C2N=CC=CC12. The van der Waals surface area contributed by atoms with Crippen molar-refractivity contribution >= 4 is 24.0 Å². The number of Topliss-reactive ketones (excluding diaryl/α,β-unsaturated/α-hetero) is 2. The number of carbonyl (C=O) groups is 2. The molecule has 0 saturated heterocycles. The maximum Gasteiger partial charge on any atom is 0.212 e. The first-order chi connectivity index (χ1) is 7.79. The van der Waals surface area contributed by atoms with Crippen LogP contribution in [0.15, 0.2) is 45.7 Å². The van der Waals surface area contributed by atoms with Gasteiger partial charge in [-0.25, -0.2) is 0 Å². The van der Waals surface area contributed by atoms with Gasteiger partial charge in [0, 0.05) is 12.4 Å². The fourth-order valence-electron chi connectivity index (χ4n) is 2.09. The van der Waals surface area contributed by atoms with Crippen LogP contribution in [0.5, 0.6) is 0 Å². The second-order valence-corrected chi connectivity index (χ2v) is 3.78. The van der Waals surface area contributed by atoms with Crippen molar-refractivity contribution in [3.63, 3.8) is 0 Å². The van der Waals surface area contributed by atoms with Gasteiger partial charge in [0.2, 0.25) is 11.6 Å². The number of fused-ring (bicyclic) bond motifs is 2. The number of nitrogens with zero attached hydrogens (tertiary/aromatic N) is 2. The zero-order valence-corrected chi connectivity index (χ0v) is 8.33. The lowest BCUT2D eigenvalue weighted by Crippen LogP contribution is -2.36. The van der Waals surface area contributed by atoms with E-state index in [1.54, 1.807) is 36.7 Å². The molecule has 4 heteroatoms. The number of ketones is 2. The Balaban J connectivity index is 2.23. The second-order valence-electron chi connectivity index (χ2n) is 3.78. The molecular weight excluding hydrogens is 204 g/mol. The van der Waals surface area contributed by atoms with Gasteiger partial charge in [-0.15, -0.1) is 0 Å². The maximum absolute atomic E-state index is 11.8. The summed E-state index contributed by atoms with van der Waals surface area (Å²) in [6.45, 7) is 0. The van der Waals surface area contributed by atoms with Crippen LogP contribution >= 0.6 is 0 Å². The molecule has 2 heterocycles. The Labute approximate surface area is 91.8 Å². The Morgan fingerprint density at radius 1 is 0.812 bits per heavy atom. The molecule has 0 aromatic heterocycles. The van der Waals surface area contributed by atoms with E-state index in [4.69, 9.17) is 0 Å². The zero-order chi connectivity index (χ0) is 11.1. The lowest BCUT2D eigenvalue weighted by molar-refractivity contribution is -0.139. The van der Waals surface area contributed by atoms with Crippen molar-refractivity contribution in [3.05, 3.63) is 35.7 Å². The van der Waals surface area contributed by atoms with Crippen LogP contribution in [0.2, 0.25) is 0 Å². The first kappa shape index (κ1) is 9.15. The number of rotatable bonds is 0. The highest BCUT2D eigenvalue weighted by Crippen LogP contribution is 2.35. The number of hydrogen-bond acceptors (Lipinski definition) is 4. The number of dihydropyridines is 2. The second kappa shape index (κ2) is 3.20. The molecule has 3 aliphatic rings. The number of hydrogen-bond donors (Lipinski definition) is 0. The van der Waals surface area contributed by atoms with E-state index in [1.807, 2.05) is 0 Å². The minimum Gasteiger partial charge on any atom is -0.290 e. The summed E-state index contributed by atoms with van der Waals surface area (Å²) in [5, 5.41) is 0. The minimum atomic E-state index is -0.535. The van der Waals surface area contributed by atoms with Crippen molar-refractivity contribution < 1.29 is 9.59 Å². The van der Waals surface area contributed by atoms with Gasteiger partial charge in [-0.3, -0.25) is 19.6 Å². The van der Waals surface area contributed by atoms with Gasteiger partial charge >= 0.3 is 0 Å². The first-order valence-corrected chi connectivity index (χ1v) is 5.03. The first-order valence-electron chi connectivity index (χ1n) is 5.03. The summed E-state index contributed by atoms with van der Waals surface area (Å²) >= 11 is 0. The van der Waals surface area contributed by atoms with E-state index in [-0.39, 0.29) is 0 Å². The highest BCUT2D eigenvalue weighted by Gasteiger charge is 2.41. The molecule has 2 aliphatic heterocycles. The van der Waals surface area contributed by atoms with Gasteiger partial charge in [0.15, 0.2) is 0 Å². The van der Waals surface area contributed by atoms with E-state index in [9.17, 15) is 9.59 Å². The van der Waals surface area contributed by atoms with Gasteiger partial charge in [-0.05, 0) is 12.2 Å². The monoisotopic (exact) mass is 212 g/mol. The average molecular weight is 212 g/mol. The Kier molecular flexibility index (Phi) is 1.83. The maximum atomic E-state index is 11.8. The molecule has 1 aliphatic carbocycles. The van der Waals surface area contributed by atoms with Gasteiger partial charge in [0.1, 0.15) is 0 Å². The molecule has 0 amide bonds. The third-order valence-electron chi connectivity index (χ3n) is 2.87. The quantitative estimate of drug-likeness (QED) is 0.559. The number of carbonyl (C=O) groups excluding carboxylic acids is 2. The van der Waals surface area contributed by atoms with Gasteiger partial charge in [-0.1, -0.05) is 12.2 Å².